The average molecular weight is 662 g/mol. The second-order valence-corrected chi connectivity index (χ2v) is 11.5. The summed E-state index contributed by atoms with van der Waals surface area (Å²) < 4.78 is 18.9. The highest BCUT2D eigenvalue weighted by Gasteiger charge is 2.33. The Bertz CT molecular complexity index is 1880. The number of carbonyl (C=O) groups excluding carboxylic acids is 2. The third-order valence-electron chi connectivity index (χ3n) is 6.88. The van der Waals surface area contributed by atoms with Crippen LogP contribution in [0.5, 0.6) is 5.75 Å². The molecule has 220 valence electrons. The molecule has 0 amide bonds. The van der Waals surface area contributed by atoms with Crippen LogP contribution in [0.15, 0.2) is 98.3 Å². The van der Waals surface area contributed by atoms with Crippen molar-refractivity contribution in [1.29, 1.82) is 0 Å². The Hall–Kier alpha value is -4.28. The maximum absolute atomic E-state index is 13.8. The molecule has 3 aromatic carbocycles. The summed E-state index contributed by atoms with van der Waals surface area (Å²) >= 11 is 4.87. The van der Waals surface area contributed by atoms with E-state index in [0.717, 1.165) is 21.2 Å². The maximum Gasteiger partial charge on any atom is 0.338 e. The van der Waals surface area contributed by atoms with Gasteiger partial charge in [0.05, 0.1) is 45.6 Å². The Morgan fingerprint density at radius 1 is 1.02 bits per heavy atom. The minimum absolute atomic E-state index is 0.239. The van der Waals surface area contributed by atoms with E-state index in [1.54, 1.807) is 23.6 Å². The van der Waals surface area contributed by atoms with Crippen molar-refractivity contribution in [2.45, 2.75) is 32.9 Å². The topological polar surface area (TPSA) is 96.2 Å². The van der Waals surface area contributed by atoms with Crippen molar-refractivity contribution in [1.82, 2.24) is 4.57 Å². The Balaban J connectivity index is 1.44. The van der Waals surface area contributed by atoms with Gasteiger partial charge in [0, 0.05) is 0 Å². The molecule has 0 aliphatic carbocycles. The van der Waals surface area contributed by atoms with E-state index >= 15 is 0 Å². The second kappa shape index (κ2) is 13.4. The number of benzene rings is 3. The molecular weight excluding hydrogens is 632 g/mol. The van der Waals surface area contributed by atoms with Crippen LogP contribution in [0.1, 0.15) is 53.4 Å². The van der Waals surface area contributed by atoms with Gasteiger partial charge in [-0.25, -0.2) is 14.6 Å². The SMILES string of the molecule is CCOC(=O)c1ccc(COc2ccc(/C=c3/sc4n(c3=O)[C@@H](c3ccccc3)C(C(=O)OC)=C(CC)N=4)cc2Br)cc1. The fourth-order valence-corrected chi connectivity index (χ4v) is 6.33. The van der Waals surface area contributed by atoms with Crippen molar-refractivity contribution in [3.8, 4) is 5.75 Å². The molecule has 0 bridgehead atoms. The van der Waals surface area contributed by atoms with Crippen molar-refractivity contribution in [3.05, 3.63) is 130 Å². The average Bonchev–Trinajstić information content (AvgIpc) is 3.34. The van der Waals surface area contributed by atoms with Crippen LogP contribution in [0.25, 0.3) is 6.08 Å². The quantitative estimate of drug-likeness (QED) is 0.226. The van der Waals surface area contributed by atoms with Crippen molar-refractivity contribution < 1.29 is 23.8 Å². The van der Waals surface area contributed by atoms with E-state index in [1.165, 1.54) is 18.4 Å². The van der Waals surface area contributed by atoms with Gasteiger partial charge in [0.2, 0.25) is 0 Å². The molecule has 43 heavy (non-hydrogen) atoms. The number of halogens is 1. The molecule has 1 aliphatic heterocycles. The van der Waals surface area contributed by atoms with Gasteiger partial charge in [-0.3, -0.25) is 9.36 Å². The van der Waals surface area contributed by atoms with Gasteiger partial charge in [-0.05, 0) is 76.3 Å². The van der Waals surface area contributed by atoms with E-state index in [0.29, 0.717) is 51.6 Å². The van der Waals surface area contributed by atoms with Gasteiger partial charge in [0.1, 0.15) is 12.4 Å². The van der Waals surface area contributed by atoms with Gasteiger partial charge in [-0.15, -0.1) is 0 Å². The number of ether oxygens (including phenoxy) is 3. The zero-order valence-corrected chi connectivity index (χ0v) is 26.2. The fourth-order valence-electron chi connectivity index (χ4n) is 4.80. The number of rotatable bonds is 9. The number of carbonyl (C=O) groups is 2. The molecule has 5 rings (SSSR count). The predicted octanol–water partition coefficient (Wildman–Crippen LogP) is 5.32. The molecule has 4 aromatic rings. The Morgan fingerprint density at radius 2 is 1.77 bits per heavy atom. The number of allylic oxidation sites excluding steroid dienone is 1. The Kier molecular flexibility index (Phi) is 9.37. The van der Waals surface area contributed by atoms with E-state index < -0.39 is 12.0 Å². The third kappa shape index (κ3) is 6.40. The predicted molar refractivity (Wildman–Crippen MR) is 168 cm³/mol. The number of aromatic nitrogens is 1. The highest BCUT2D eigenvalue weighted by atomic mass is 79.9. The van der Waals surface area contributed by atoms with Gasteiger partial charge in [0.15, 0.2) is 4.80 Å². The first-order valence-electron chi connectivity index (χ1n) is 13.7. The number of esters is 2. The van der Waals surface area contributed by atoms with Gasteiger partial charge in [0.25, 0.3) is 5.56 Å². The smallest absolute Gasteiger partial charge is 0.338 e. The standard InChI is InChI=1S/C33H29BrN2O6S/c1-4-25-28(32(39)40-3)29(22-9-7-6-8-10-22)36-30(37)27(43-33(36)35-25)18-21-13-16-26(24(34)17-21)42-19-20-11-14-23(15-12-20)31(38)41-5-2/h6-18,29H,4-5,19H2,1-3H3/b27-18+/t29-/m0/s1. The first-order valence-corrected chi connectivity index (χ1v) is 15.3. The van der Waals surface area contributed by atoms with E-state index in [9.17, 15) is 14.4 Å². The van der Waals surface area contributed by atoms with Crippen molar-refractivity contribution in [2.24, 2.45) is 4.99 Å². The monoisotopic (exact) mass is 660 g/mol. The molecule has 1 atom stereocenters. The number of hydrogen-bond donors (Lipinski definition) is 0. The molecule has 1 aliphatic rings. The van der Waals surface area contributed by atoms with Crippen LogP contribution in [0.2, 0.25) is 0 Å². The van der Waals surface area contributed by atoms with E-state index in [4.69, 9.17) is 19.2 Å². The van der Waals surface area contributed by atoms with Crippen molar-refractivity contribution in [3.63, 3.8) is 0 Å². The highest BCUT2D eigenvalue weighted by molar-refractivity contribution is 9.10. The lowest BCUT2D eigenvalue weighted by Crippen LogP contribution is -2.40. The van der Waals surface area contributed by atoms with E-state index in [2.05, 4.69) is 15.9 Å². The molecule has 0 unspecified atom stereocenters. The van der Waals surface area contributed by atoms with Crippen LogP contribution in [0, 0.1) is 0 Å². The second-order valence-electron chi connectivity index (χ2n) is 9.59. The largest absolute Gasteiger partial charge is 0.488 e. The van der Waals surface area contributed by atoms with Gasteiger partial charge >= 0.3 is 11.9 Å². The molecular formula is C33H29BrN2O6S. The zero-order valence-electron chi connectivity index (χ0n) is 23.8. The summed E-state index contributed by atoms with van der Waals surface area (Å²) in [5.74, 6) is -0.225. The zero-order chi connectivity index (χ0) is 30.5. The van der Waals surface area contributed by atoms with E-state index in [-0.39, 0.29) is 11.5 Å². The molecule has 0 fully saturated rings. The van der Waals surface area contributed by atoms with Gasteiger partial charge in [-0.2, -0.15) is 0 Å². The number of thiazole rings is 1. The van der Waals surface area contributed by atoms with Crippen LogP contribution < -0.4 is 19.6 Å². The lowest BCUT2D eigenvalue weighted by Gasteiger charge is -2.25. The molecule has 0 saturated carbocycles. The van der Waals surface area contributed by atoms with E-state index in [1.807, 2.05) is 73.7 Å². The molecule has 0 N–H and O–H groups in total. The van der Waals surface area contributed by atoms with Crippen LogP contribution in [-0.4, -0.2) is 30.2 Å². The van der Waals surface area contributed by atoms with Gasteiger partial charge < -0.3 is 14.2 Å². The minimum atomic E-state index is -0.643. The summed E-state index contributed by atoms with van der Waals surface area (Å²) in [7, 11) is 1.34. The van der Waals surface area contributed by atoms with Crippen LogP contribution >= 0.6 is 27.3 Å². The molecule has 10 heteroatoms. The van der Waals surface area contributed by atoms with Crippen LogP contribution in [0.3, 0.4) is 0 Å². The van der Waals surface area contributed by atoms with Crippen LogP contribution in [0.4, 0.5) is 0 Å². The minimum Gasteiger partial charge on any atom is -0.488 e. The summed E-state index contributed by atoms with van der Waals surface area (Å²) in [5.41, 5.74) is 3.72. The number of fused-ring (bicyclic) bond motifs is 1. The lowest BCUT2D eigenvalue weighted by atomic mass is 9.95. The first kappa shape index (κ1) is 30.2. The Labute approximate surface area is 260 Å². The summed E-state index contributed by atoms with van der Waals surface area (Å²) in [6, 6.07) is 21.5. The van der Waals surface area contributed by atoms with Crippen molar-refractivity contribution >= 4 is 45.3 Å². The molecule has 2 heterocycles. The van der Waals surface area contributed by atoms with Gasteiger partial charge in [-0.1, -0.05) is 66.8 Å². The molecule has 0 saturated heterocycles. The highest BCUT2D eigenvalue weighted by Crippen LogP contribution is 2.32. The summed E-state index contributed by atoms with van der Waals surface area (Å²) in [6.45, 7) is 4.33. The maximum atomic E-state index is 13.8. The Morgan fingerprint density at radius 3 is 2.42 bits per heavy atom. The molecule has 1 aromatic heterocycles. The fraction of sp³-hybridized carbons (Fsp3) is 0.212. The summed E-state index contributed by atoms with van der Waals surface area (Å²) in [5, 5.41) is 0. The number of methoxy groups -OCH3 is 1. The number of nitrogens with zero attached hydrogens (tertiary/aromatic N) is 2. The summed E-state index contributed by atoms with van der Waals surface area (Å²) in [4.78, 5) is 43.8. The first-order chi connectivity index (χ1) is 20.8. The number of hydrogen-bond acceptors (Lipinski definition) is 8. The van der Waals surface area contributed by atoms with Crippen LogP contribution in [-0.2, 0) is 20.9 Å². The summed E-state index contributed by atoms with van der Waals surface area (Å²) in [6.07, 6.45) is 2.32. The lowest BCUT2D eigenvalue weighted by molar-refractivity contribution is -0.136. The third-order valence-corrected chi connectivity index (χ3v) is 8.48. The molecule has 8 nitrogen and oxygen atoms in total. The molecule has 0 radical (unpaired) electrons. The molecule has 0 spiro atoms. The normalized spacial score (nSPS) is 14.6. The van der Waals surface area contributed by atoms with Crippen molar-refractivity contribution in [2.75, 3.05) is 13.7 Å².